The smallest absolute Gasteiger partial charge is 0.373 e. The molecule has 0 fully saturated rings. The number of aliphatic hydroxyl groups is 1. The Kier molecular flexibility index (Phi) is 6.12. The van der Waals surface area contributed by atoms with Gasteiger partial charge >= 0.3 is 6.18 Å². The summed E-state index contributed by atoms with van der Waals surface area (Å²) < 4.78 is 38.0. The quantitative estimate of drug-likeness (QED) is 0.714. The summed E-state index contributed by atoms with van der Waals surface area (Å²) in [5.41, 5.74) is -2.59. The van der Waals surface area contributed by atoms with Crippen molar-refractivity contribution in [3.8, 4) is 0 Å². The van der Waals surface area contributed by atoms with Crippen molar-refractivity contribution in [2.24, 2.45) is 0 Å². The van der Waals surface area contributed by atoms with Crippen molar-refractivity contribution in [1.82, 2.24) is 0 Å². The number of carbonyl (C=O) groups is 2. The van der Waals surface area contributed by atoms with Crippen LogP contribution in [-0.2, 0) is 16.0 Å². The molecule has 0 unspecified atom stereocenters. The van der Waals surface area contributed by atoms with E-state index < -0.39 is 17.7 Å². The molecule has 2 rings (SSSR count). The Hall–Kier alpha value is -2.58. The standard InChI is InChI=1S/C18H16ClF3N2O3/c1-17(27,18(20,21)22)16(26)24-14-8-7-12(10-13(14)19)23-15(25)9-11-5-3-2-4-6-11/h2-8,10,27H,9H2,1H3,(H,23,25)(H,24,26)/t17-/m1/s1. The topological polar surface area (TPSA) is 78.4 Å². The minimum Gasteiger partial charge on any atom is -0.373 e. The summed E-state index contributed by atoms with van der Waals surface area (Å²) in [4.78, 5) is 23.7. The van der Waals surface area contributed by atoms with E-state index in [4.69, 9.17) is 11.6 Å². The molecule has 0 radical (unpaired) electrons. The predicted octanol–water partition coefficient (Wildman–Crippen LogP) is 3.77. The lowest BCUT2D eigenvalue weighted by molar-refractivity contribution is -0.242. The molecular formula is C18H16ClF3N2O3. The molecule has 9 heteroatoms. The fourth-order valence-corrected chi connectivity index (χ4v) is 2.28. The van der Waals surface area contributed by atoms with Crippen LogP contribution >= 0.6 is 11.6 Å². The van der Waals surface area contributed by atoms with Crippen molar-refractivity contribution >= 4 is 34.8 Å². The van der Waals surface area contributed by atoms with Crippen molar-refractivity contribution in [2.45, 2.75) is 25.1 Å². The van der Waals surface area contributed by atoms with Gasteiger partial charge in [0.15, 0.2) is 0 Å². The van der Waals surface area contributed by atoms with E-state index in [2.05, 4.69) is 5.32 Å². The van der Waals surface area contributed by atoms with E-state index in [1.165, 1.54) is 18.2 Å². The SMILES string of the molecule is C[C@@](O)(C(=O)Nc1ccc(NC(=O)Cc2ccccc2)cc1Cl)C(F)(F)F. The van der Waals surface area contributed by atoms with Gasteiger partial charge in [-0.3, -0.25) is 9.59 Å². The molecule has 2 amide bonds. The Labute approximate surface area is 158 Å². The van der Waals surface area contributed by atoms with E-state index in [0.29, 0.717) is 12.6 Å². The van der Waals surface area contributed by atoms with E-state index >= 15 is 0 Å². The molecule has 0 saturated carbocycles. The molecule has 27 heavy (non-hydrogen) atoms. The highest BCUT2D eigenvalue weighted by Crippen LogP contribution is 2.32. The first-order valence-electron chi connectivity index (χ1n) is 7.74. The minimum atomic E-state index is -5.14. The third-order valence-corrected chi connectivity index (χ3v) is 4.02. The van der Waals surface area contributed by atoms with E-state index in [0.717, 1.165) is 5.56 Å². The fourth-order valence-electron chi connectivity index (χ4n) is 2.05. The van der Waals surface area contributed by atoms with Gasteiger partial charge < -0.3 is 15.7 Å². The molecule has 0 aliphatic rings. The lowest BCUT2D eigenvalue weighted by atomic mass is 10.1. The summed E-state index contributed by atoms with van der Waals surface area (Å²) in [6, 6.07) is 12.9. The van der Waals surface area contributed by atoms with Crippen molar-refractivity contribution in [2.75, 3.05) is 10.6 Å². The number of amides is 2. The van der Waals surface area contributed by atoms with Gasteiger partial charge in [-0.1, -0.05) is 41.9 Å². The summed E-state index contributed by atoms with van der Waals surface area (Å²) in [6.07, 6.45) is -5.01. The number of halogens is 4. The Bertz CT molecular complexity index is 839. The summed E-state index contributed by atoms with van der Waals surface area (Å²) in [5.74, 6) is -1.98. The third kappa shape index (κ3) is 5.21. The number of nitrogens with one attached hydrogen (secondary N) is 2. The second kappa shape index (κ2) is 7.98. The number of anilines is 2. The second-order valence-corrected chi connectivity index (χ2v) is 6.34. The van der Waals surface area contributed by atoms with E-state index in [-0.39, 0.29) is 23.0 Å². The fraction of sp³-hybridized carbons (Fsp3) is 0.222. The number of hydrogen-bond donors (Lipinski definition) is 3. The maximum absolute atomic E-state index is 12.7. The molecular weight excluding hydrogens is 385 g/mol. The van der Waals surface area contributed by atoms with Gasteiger partial charge in [0.25, 0.3) is 5.91 Å². The monoisotopic (exact) mass is 400 g/mol. The molecule has 0 bridgehead atoms. The number of hydrogen-bond acceptors (Lipinski definition) is 3. The summed E-state index contributed by atoms with van der Waals surface area (Å²) in [7, 11) is 0. The Morgan fingerprint density at radius 3 is 2.26 bits per heavy atom. The van der Waals surface area contributed by atoms with Crippen LogP contribution in [0.5, 0.6) is 0 Å². The van der Waals surface area contributed by atoms with Gasteiger partial charge in [0, 0.05) is 5.69 Å². The molecule has 0 spiro atoms. The maximum Gasteiger partial charge on any atom is 0.426 e. The highest BCUT2D eigenvalue weighted by atomic mass is 35.5. The third-order valence-electron chi connectivity index (χ3n) is 3.70. The van der Waals surface area contributed by atoms with Crippen LogP contribution in [0.1, 0.15) is 12.5 Å². The highest BCUT2D eigenvalue weighted by molar-refractivity contribution is 6.34. The van der Waals surface area contributed by atoms with Crippen LogP contribution in [0, 0.1) is 0 Å². The van der Waals surface area contributed by atoms with Crippen LogP contribution in [0.25, 0.3) is 0 Å². The number of alkyl halides is 3. The molecule has 5 nitrogen and oxygen atoms in total. The van der Waals surface area contributed by atoms with E-state index in [1.807, 2.05) is 11.4 Å². The zero-order valence-corrected chi connectivity index (χ0v) is 14.9. The van der Waals surface area contributed by atoms with Gasteiger partial charge in [-0.15, -0.1) is 0 Å². The van der Waals surface area contributed by atoms with E-state index in [1.54, 1.807) is 24.3 Å². The lowest BCUT2D eigenvalue weighted by Gasteiger charge is -2.25. The Balaban J connectivity index is 2.05. The van der Waals surface area contributed by atoms with Gasteiger partial charge in [0.1, 0.15) is 0 Å². The first-order chi connectivity index (χ1) is 12.5. The Morgan fingerprint density at radius 1 is 1.07 bits per heavy atom. The normalized spacial score (nSPS) is 13.6. The maximum atomic E-state index is 12.7. The van der Waals surface area contributed by atoms with E-state index in [9.17, 15) is 27.9 Å². The Morgan fingerprint density at radius 2 is 1.70 bits per heavy atom. The number of rotatable bonds is 5. The average Bonchev–Trinajstić information content (AvgIpc) is 2.57. The lowest BCUT2D eigenvalue weighted by Crippen LogP contribution is -2.52. The van der Waals surface area contributed by atoms with Crippen LogP contribution in [0.2, 0.25) is 5.02 Å². The van der Waals surface area contributed by atoms with Crippen molar-refractivity contribution < 1.29 is 27.9 Å². The van der Waals surface area contributed by atoms with Crippen molar-refractivity contribution in [3.63, 3.8) is 0 Å². The van der Waals surface area contributed by atoms with Crippen LogP contribution < -0.4 is 10.6 Å². The molecule has 3 N–H and O–H groups in total. The zero-order valence-electron chi connectivity index (χ0n) is 14.1. The van der Waals surface area contributed by atoms with Gasteiger partial charge in [0.2, 0.25) is 11.5 Å². The predicted molar refractivity (Wildman–Crippen MR) is 95.5 cm³/mol. The van der Waals surface area contributed by atoms with Gasteiger partial charge in [-0.2, -0.15) is 13.2 Å². The molecule has 0 aromatic heterocycles. The van der Waals surface area contributed by atoms with Crippen LogP contribution in [0.15, 0.2) is 48.5 Å². The van der Waals surface area contributed by atoms with Gasteiger partial charge in [-0.05, 0) is 30.7 Å². The van der Waals surface area contributed by atoms with Crippen molar-refractivity contribution in [3.05, 3.63) is 59.1 Å². The second-order valence-electron chi connectivity index (χ2n) is 5.93. The van der Waals surface area contributed by atoms with Crippen LogP contribution in [0.3, 0.4) is 0 Å². The zero-order chi connectivity index (χ0) is 20.2. The minimum absolute atomic E-state index is 0.0983. The first-order valence-corrected chi connectivity index (χ1v) is 8.12. The molecule has 0 aliphatic heterocycles. The molecule has 0 saturated heterocycles. The largest absolute Gasteiger partial charge is 0.426 e. The highest BCUT2D eigenvalue weighted by Gasteiger charge is 2.55. The van der Waals surface area contributed by atoms with Gasteiger partial charge in [-0.25, -0.2) is 0 Å². The summed E-state index contributed by atoms with van der Waals surface area (Å²) >= 11 is 5.95. The molecule has 2 aromatic rings. The molecule has 0 heterocycles. The molecule has 2 aromatic carbocycles. The average molecular weight is 401 g/mol. The van der Waals surface area contributed by atoms with Gasteiger partial charge in [0.05, 0.1) is 17.1 Å². The number of benzene rings is 2. The van der Waals surface area contributed by atoms with Crippen molar-refractivity contribution in [1.29, 1.82) is 0 Å². The number of carbonyl (C=O) groups excluding carboxylic acids is 2. The molecule has 0 aliphatic carbocycles. The summed E-state index contributed by atoms with van der Waals surface area (Å²) in [5, 5.41) is 13.8. The molecule has 144 valence electrons. The summed E-state index contributed by atoms with van der Waals surface area (Å²) in [6.45, 7) is 0.342. The van der Waals surface area contributed by atoms with Crippen LogP contribution in [0.4, 0.5) is 24.5 Å². The first kappa shape index (κ1) is 20.7. The molecule has 1 atom stereocenters. The van der Waals surface area contributed by atoms with Crippen LogP contribution in [-0.4, -0.2) is 28.7 Å².